The Hall–Kier alpha value is -0.150. The van der Waals surface area contributed by atoms with Crippen molar-refractivity contribution in [1.82, 2.24) is 0 Å². The van der Waals surface area contributed by atoms with E-state index in [-0.39, 0.29) is 0 Å². The first kappa shape index (κ1) is 9.41. The number of hydrogen-bond donors (Lipinski definition) is 0. The highest BCUT2D eigenvalue weighted by Gasteiger charge is 2.14. The Kier molecular flexibility index (Phi) is 2.84. The van der Waals surface area contributed by atoms with Crippen LogP contribution >= 0.6 is 27.9 Å². The summed E-state index contributed by atoms with van der Waals surface area (Å²) in [5.41, 5.74) is 2.72. The van der Waals surface area contributed by atoms with E-state index in [2.05, 4.69) is 45.4 Å². The molecular formula is C10H12BrNS. The second-order valence-corrected chi connectivity index (χ2v) is 5.24. The Balaban J connectivity index is 2.29. The predicted molar refractivity (Wildman–Crippen MR) is 63.3 cm³/mol. The lowest BCUT2D eigenvalue weighted by atomic mass is 10.2. The van der Waals surface area contributed by atoms with Crippen LogP contribution in [0.2, 0.25) is 0 Å². The standard InChI is InChI=1S/C10H12BrNS/c1-8-7-9(11)3-4-10(8)12-5-2-6-13-12/h3-4,7H,2,5-6H2,1H3. The third-order valence-electron chi connectivity index (χ3n) is 2.18. The van der Waals surface area contributed by atoms with Crippen LogP contribution in [-0.2, 0) is 0 Å². The van der Waals surface area contributed by atoms with Crippen LogP contribution in [0.1, 0.15) is 12.0 Å². The highest BCUT2D eigenvalue weighted by Crippen LogP contribution is 2.32. The maximum Gasteiger partial charge on any atom is 0.0499 e. The van der Waals surface area contributed by atoms with Crippen LogP contribution < -0.4 is 4.31 Å². The molecule has 1 aliphatic heterocycles. The SMILES string of the molecule is Cc1cc(Br)ccc1N1CCCS1. The molecular weight excluding hydrogens is 246 g/mol. The molecule has 70 valence electrons. The summed E-state index contributed by atoms with van der Waals surface area (Å²) < 4.78 is 3.56. The highest BCUT2D eigenvalue weighted by atomic mass is 79.9. The third kappa shape index (κ3) is 2.02. The molecule has 3 heteroatoms. The number of anilines is 1. The number of halogens is 1. The van der Waals surface area contributed by atoms with Gasteiger partial charge in [-0.3, -0.25) is 0 Å². The second-order valence-electron chi connectivity index (χ2n) is 3.22. The molecule has 0 aliphatic carbocycles. The Labute approximate surface area is 91.8 Å². The summed E-state index contributed by atoms with van der Waals surface area (Å²) in [4.78, 5) is 0. The molecule has 0 aromatic heterocycles. The maximum absolute atomic E-state index is 3.48. The first-order valence-corrected chi connectivity index (χ1v) is 6.17. The zero-order chi connectivity index (χ0) is 9.26. The van der Waals surface area contributed by atoms with Crippen LogP contribution in [0.25, 0.3) is 0 Å². The zero-order valence-electron chi connectivity index (χ0n) is 7.59. The van der Waals surface area contributed by atoms with Gasteiger partial charge in [0, 0.05) is 22.5 Å². The van der Waals surface area contributed by atoms with Crippen molar-refractivity contribution in [3.05, 3.63) is 28.2 Å². The quantitative estimate of drug-likeness (QED) is 0.708. The van der Waals surface area contributed by atoms with Crippen molar-refractivity contribution in [3.63, 3.8) is 0 Å². The topological polar surface area (TPSA) is 3.24 Å². The Morgan fingerprint density at radius 1 is 1.46 bits per heavy atom. The molecule has 13 heavy (non-hydrogen) atoms. The molecule has 0 amide bonds. The molecule has 1 nitrogen and oxygen atoms in total. The lowest BCUT2D eigenvalue weighted by Crippen LogP contribution is -2.09. The molecule has 1 fully saturated rings. The summed E-state index contributed by atoms with van der Waals surface area (Å²) in [5, 5.41) is 0. The average Bonchev–Trinajstić information content (AvgIpc) is 2.56. The number of nitrogens with zero attached hydrogens (tertiary/aromatic N) is 1. The molecule has 0 radical (unpaired) electrons. The van der Waals surface area contributed by atoms with Crippen LogP contribution in [0.4, 0.5) is 5.69 Å². The molecule has 2 rings (SSSR count). The first-order valence-electron chi connectivity index (χ1n) is 4.44. The summed E-state index contributed by atoms with van der Waals surface area (Å²) in [7, 11) is 0. The minimum atomic E-state index is 1.16. The van der Waals surface area contributed by atoms with Crippen molar-refractivity contribution < 1.29 is 0 Å². The highest BCUT2D eigenvalue weighted by molar-refractivity contribution is 9.10. The molecule has 0 atom stereocenters. The average molecular weight is 258 g/mol. The van der Waals surface area contributed by atoms with Gasteiger partial charge in [-0.15, -0.1) is 0 Å². The smallest absolute Gasteiger partial charge is 0.0499 e. The molecule has 0 saturated carbocycles. The fourth-order valence-corrected chi connectivity index (χ4v) is 3.09. The number of rotatable bonds is 1. The number of aryl methyl sites for hydroxylation is 1. The minimum Gasteiger partial charge on any atom is -0.316 e. The summed E-state index contributed by atoms with van der Waals surface area (Å²) >= 11 is 5.41. The molecule has 0 N–H and O–H groups in total. The van der Waals surface area contributed by atoms with E-state index in [0.29, 0.717) is 0 Å². The molecule has 1 heterocycles. The van der Waals surface area contributed by atoms with Gasteiger partial charge in [-0.05, 0) is 49.1 Å². The van der Waals surface area contributed by atoms with E-state index in [4.69, 9.17) is 0 Å². The van der Waals surface area contributed by atoms with E-state index in [1.165, 1.54) is 30.0 Å². The molecule has 1 aromatic carbocycles. The van der Waals surface area contributed by atoms with Gasteiger partial charge >= 0.3 is 0 Å². The minimum absolute atomic E-state index is 1.16. The van der Waals surface area contributed by atoms with Gasteiger partial charge in [0.1, 0.15) is 0 Å². The monoisotopic (exact) mass is 257 g/mol. The lowest BCUT2D eigenvalue weighted by molar-refractivity contribution is 0.986. The molecule has 0 unspecified atom stereocenters. The zero-order valence-corrected chi connectivity index (χ0v) is 9.99. The number of benzene rings is 1. The van der Waals surface area contributed by atoms with Crippen LogP contribution in [-0.4, -0.2) is 12.3 Å². The van der Waals surface area contributed by atoms with Gasteiger partial charge < -0.3 is 4.31 Å². The molecule has 1 saturated heterocycles. The largest absolute Gasteiger partial charge is 0.316 e. The van der Waals surface area contributed by atoms with Crippen molar-refractivity contribution in [2.24, 2.45) is 0 Å². The van der Waals surface area contributed by atoms with E-state index >= 15 is 0 Å². The van der Waals surface area contributed by atoms with Gasteiger partial charge in [-0.2, -0.15) is 0 Å². The Bertz CT molecular complexity index is 308. The van der Waals surface area contributed by atoms with Crippen LogP contribution in [0.5, 0.6) is 0 Å². The molecule has 0 bridgehead atoms. The van der Waals surface area contributed by atoms with Crippen molar-refractivity contribution in [1.29, 1.82) is 0 Å². The lowest BCUT2D eigenvalue weighted by Gasteiger charge is -2.18. The van der Waals surface area contributed by atoms with Gasteiger partial charge in [0.25, 0.3) is 0 Å². The van der Waals surface area contributed by atoms with Crippen molar-refractivity contribution in [2.45, 2.75) is 13.3 Å². The predicted octanol–water partition coefficient (Wildman–Crippen LogP) is 3.62. The number of hydrogen-bond acceptors (Lipinski definition) is 2. The van der Waals surface area contributed by atoms with Crippen molar-refractivity contribution in [2.75, 3.05) is 16.6 Å². The van der Waals surface area contributed by atoms with E-state index in [0.717, 1.165) is 4.47 Å². The van der Waals surface area contributed by atoms with Crippen LogP contribution in [0.15, 0.2) is 22.7 Å². The maximum atomic E-state index is 3.48. The van der Waals surface area contributed by atoms with Crippen molar-refractivity contribution in [3.8, 4) is 0 Å². The summed E-state index contributed by atoms with van der Waals surface area (Å²) in [6.07, 6.45) is 1.31. The van der Waals surface area contributed by atoms with Gasteiger partial charge in [0.05, 0.1) is 0 Å². The fraction of sp³-hybridized carbons (Fsp3) is 0.400. The third-order valence-corrected chi connectivity index (χ3v) is 3.84. The first-order chi connectivity index (χ1) is 6.27. The summed E-state index contributed by atoms with van der Waals surface area (Å²) in [6.45, 7) is 3.35. The van der Waals surface area contributed by atoms with Gasteiger partial charge in [-0.25, -0.2) is 0 Å². The van der Waals surface area contributed by atoms with Gasteiger partial charge in [0.2, 0.25) is 0 Å². The Morgan fingerprint density at radius 3 is 2.92 bits per heavy atom. The van der Waals surface area contributed by atoms with Gasteiger partial charge in [-0.1, -0.05) is 15.9 Å². The second kappa shape index (κ2) is 3.93. The van der Waals surface area contributed by atoms with Crippen molar-refractivity contribution >= 4 is 33.6 Å². The van der Waals surface area contributed by atoms with Crippen LogP contribution in [0, 0.1) is 6.92 Å². The van der Waals surface area contributed by atoms with E-state index in [1.54, 1.807) is 0 Å². The molecule has 1 aromatic rings. The molecule has 0 spiro atoms. The normalized spacial score (nSPS) is 16.6. The fourth-order valence-electron chi connectivity index (χ4n) is 1.54. The van der Waals surface area contributed by atoms with E-state index < -0.39 is 0 Å². The summed E-state index contributed by atoms with van der Waals surface area (Å²) in [6, 6.07) is 6.48. The molecule has 1 aliphatic rings. The van der Waals surface area contributed by atoms with Gasteiger partial charge in [0.15, 0.2) is 0 Å². The van der Waals surface area contributed by atoms with E-state index in [9.17, 15) is 0 Å². The Morgan fingerprint density at radius 2 is 2.31 bits per heavy atom. The van der Waals surface area contributed by atoms with Crippen LogP contribution in [0.3, 0.4) is 0 Å². The summed E-state index contributed by atoms with van der Waals surface area (Å²) in [5.74, 6) is 1.26. The van der Waals surface area contributed by atoms with E-state index in [1.807, 2.05) is 11.9 Å².